The van der Waals surface area contributed by atoms with Crippen LogP contribution in [0.1, 0.15) is 52.9 Å². The highest BCUT2D eigenvalue weighted by Gasteiger charge is 2.31. The van der Waals surface area contributed by atoms with E-state index in [1.54, 1.807) is 0 Å². The minimum absolute atomic E-state index is 0.216. The van der Waals surface area contributed by atoms with Crippen LogP contribution in [-0.4, -0.2) is 26.1 Å². The topological polar surface area (TPSA) is 29.5 Å². The maximum Gasteiger partial charge on any atom is 0.192 e. The molecule has 1 rings (SSSR count). The summed E-state index contributed by atoms with van der Waals surface area (Å²) in [5.74, 6) is 0.501. The van der Waals surface area contributed by atoms with Crippen LogP contribution in [0.5, 0.6) is 0 Å². The highest BCUT2D eigenvalue weighted by atomic mass is 28.4. The lowest BCUT2D eigenvalue weighted by Crippen LogP contribution is -2.40. The fraction of sp³-hybridized carbons (Fsp3) is 1.00. The summed E-state index contributed by atoms with van der Waals surface area (Å²) in [6.07, 6.45) is 6.11. The Morgan fingerprint density at radius 1 is 1.06 bits per heavy atom. The molecule has 0 heterocycles. The zero-order valence-corrected chi connectivity index (χ0v) is 12.9. The summed E-state index contributed by atoms with van der Waals surface area (Å²) in [4.78, 5) is 0. The maximum atomic E-state index is 10.2. The highest BCUT2D eigenvalue weighted by Crippen LogP contribution is 2.28. The summed E-state index contributed by atoms with van der Waals surface area (Å²) in [5.41, 5.74) is 0. The Morgan fingerprint density at radius 2 is 1.59 bits per heavy atom. The fourth-order valence-corrected chi connectivity index (χ4v) is 5.61. The Labute approximate surface area is 108 Å². The molecule has 1 atom stereocenters. The largest absolute Gasteiger partial charge is 0.414 e. The lowest BCUT2D eigenvalue weighted by atomic mass is 9.85. The minimum Gasteiger partial charge on any atom is -0.414 e. The van der Waals surface area contributed by atoms with E-state index < -0.39 is 8.32 Å². The summed E-state index contributed by atoms with van der Waals surface area (Å²) in [6.45, 7) is 7.32. The third-order valence-electron chi connectivity index (χ3n) is 4.69. The van der Waals surface area contributed by atoms with Gasteiger partial charge in [0.15, 0.2) is 8.32 Å². The first-order chi connectivity index (χ1) is 8.17. The van der Waals surface area contributed by atoms with Gasteiger partial charge >= 0.3 is 0 Å². The third kappa shape index (κ3) is 4.38. The van der Waals surface area contributed by atoms with Crippen molar-refractivity contribution in [1.82, 2.24) is 0 Å². The Hall–Kier alpha value is 0.137. The Morgan fingerprint density at radius 3 is 2.06 bits per heavy atom. The predicted molar refractivity (Wildman–Crippen MR) is 75.7 cm³/mol. The fourth-order valence-electron chi connectivity index (χ4n) is 2.97. The molecule has 0 bridgehead atoms. The van der Waals surface area contributed by atoms with Crippen LogP contribution < -0.4 is 0 Å². The predicted octanol–water partition coefficient (Wildman–Crippen LogP) is 3.95. The SMILES string of the molecule is CC[Si](CC)(CC)OC[C@H](O)C1CCCCC1. The van der Waals surface area contributed by atoms with Crippen molar-refractivity contribution >= 4 is 8.32 Å². The number of aliphatic hydroxyl groups excluding tert-OH is 1. The summed E-state index contributed by atoms with van der Waals surface area (Å²) < 4.78 is 6.18. The molecule has 1 N–H and O–H groups in total. The van der Waals surface area contributed by atoms with Crippen LogP contribution in [-0.2, 0) is 4.43 Å². The van der Waals surface area contributed by atoms with E-state index in [0.29, 0.717) is 12.5 Å². The summed E-state index contributed by atoms with van der Waals surface area (Å²) in [7, 11) is -1.50. The average Bonchev–Trinajstić information content (AvgIpc) is 2.41. The van der Waals surface area contributed by atoms with E-state index >= 15 is 0 Å². The molecule has 3 heteroatoms. The van der Waals surface area contributed by atoms with Crippen LogP contribution in [0.15, 0.2) is 0 Å². The zero-order chi connectivity index (χ0) is 12.7. The molecule has 17 heavy (non-hydrogen) atoms. The number of aliphatic hydroxyl groups is 1. The van der Waals surface area contributed by atoms with Gasteiger partial charge in [-0.15, -0.1) is 0 Å². The molecule has 0 spiro atoms. The van der Waals surface area contributed by atoms with Crippen molar-refractivity contribution in [1.29, 1.82) is 0 Å². The second-order valence-electron chi connectivity index (χ2n) is 5.52. The number of hydrogen-bond acceptors (Lipinski definition) is 2. The van der Waals surface area contributed by atoms with Crippen molar-refractivity contribution in [2.24, 2.45) is 5.92 Å². The van der Waals surface area contributed by atoms with Gasteiger partial charge in [0.2, 0.25) is 0 Å². The van der Waals surface area contributed by atoms with Crippen molar-refractivity contribution in [3.63, 3.8) is 0 Å². The molecule has 1 aliphatic carbocycles. The quantitative estimate of drug-likeness (QED) is 0.701. The lowest BCUT2D eigenvalue weighted by molar-refractivity contribution is 0.0374. The van der Waals surface area contributed by atoms with Crippen molar-refractivity contribution in [2.45, 2.75) is 77.1 Å². The van der Waals surface area contributed by atoms with Gasteiger partial charge in [-0.2, -0.15) is 0 Å². The van der Waals surface area contributed by atoms with Crippen molar-refractivity contribution in [2.75, 3.05) is 6.61 Å². The standard InChI is InChI=1S/C14H30O2Si/c1-4-17(5-2,6-3)16-12-14(15)13-10-8-7-9-11-13/h13-15H,4-12H2,1-3H3/t14-/m0/s1. The van der Waals surface area contributed by atoms with Crippen LogP contribution in [0.4, 0.5) is 0 Å². The average molecular weight is 258 g/mol. The van der Waals surface area contributed by atoms with Gasteiger partial charge in [-0.3, -0.25) is 0 Å². The highest BCUT2D eigenvalue weighted by molar-refractivity contribution is 6.73. The van der Waals surface area contributed by atoms with Crippen molar-refractivity contribution < 1.29 is 9.53 Å². The summed E-state index contributed by atoms with van der Waals surface area (Å²) in [6, 6.07) is 3.53. The van der Waals surface area contributed by atoms with E-state index in [2.05, 4.69) is 20.8 Å². The normalized spacial score (nSPS) is 20.5. The molecule has 0 aromatic carbocycles. The van der Waals surface area contributed by atoms with Crippen LogP contribution in [0.2, 0.25) is 18.1 Å². The Bertz CT molecular complexity index is 190. The molecule has 0 saturated heterocycles. The molecule has 1 fully saturated rings. The van der Waals surface area contributed by atoms with Gasteiger partial charge in [0.05, 0.1) is 12.7 Å². The van der Waals surface area contributed by atoms with Gasteiger partial charge in [0.1, 0.15) is 0 Å². The van der Waals surface area contributed by atoms with Gasteiger partial charge < -0.3 is 9.53 Å². The van der Waals surface area contributed by atoms with E-state index in [0.717, 1.165) is 0 Å². The number of hydrogen-bond donors (Lipinski definition) is 1. The Balaban J connectivity index is 2.37. The van der Waals surface area contributed by atoms with Gasteiger partial charge in [0.25, 0.3) is 0 Å². The van der Waals surface area contributed by atoms with E-state index in [1.165, 1.54) is 50.2 Å². The van der Waals surface area contributed by atoms with Crippen molar-refractivity contribution in [3.8, 4) is 0 Å². The smallest absolute Gasteiger partial charge is 0.192 e. The van der Waals surface area contributed by atoms with E-state index in [9.17, 15) is 5.11 Å². The molecule has 0 unspecified atom stereocenters. The molecule has 102 valence electrons. The van der Waals surface area contributed by atoms with Gasteiger partial charge in [-0.05, 0) is 36.9 Å². The van der Waals surface area contributed by atoms with Crippen LogP contribution in [0, 0.1) is 5.92 Å². The van der Waals surface area contributed by atoms with E-state index in [-0.39, 0.29) is 6.10 Å². The van der Waals surface area contributed by atoms with Gasteiger partial charge in [-0.1, -0.05) is 40.0 Å². The molecule has 0 aromatic heterocycles. The first-order valence-corrected chi connectivity index (χ1v) is 10.0. The maximum absolute atomic E-state index is 10.2. The van der Waals surface area contributed by atoms with Crippen LogP contribution in [0.3, 0.4) is 0 Å². The van der Waals surface area contributed by atoms with Gasteiger partial charge in [0, 0.05) is 0 Å². The Kier molecular flexibility index (Phi) is 6.74. The first kappa shape index (κ1) is 15.2. The molecule has 0 aliphatic heterocycles. The van der Waals surface area contributed by atoms with Crippen LogP contribution in [0.25, 0.3) is 0 Å². The molecule has 1 saturated carbocycles. The lowest BCUT2D eigenvalue weighted by Gasteiger charge is -2.32. The summed E-state index contributed by atoms with van der Waals surface area (Å²) >= 11 is 0. The summed E-state index contributed by atoms with van der Waals surface area (Å²) in [5, 5.41) is 10.2. The molecule has 2 nitrogen and oxygen atoms in total. The van der Waals surface area contributed by atoms with Crippen LogP contribution >= 0.6 is 0 Å². The zero-order valence-electron chi connectivity index (χ0n) is 11.9. The molecule has 0 aromatic rings. The minimum atomic E-state index is -1.50. The monoisotopic (exact) mass is 258 g/mol. The van der Waals surface area contributed by atoms with Crippen molar-refractivity contribution in [3.05, 3.63) is 0 Å². The molecular formula is C14H30O2Si. The first-order valence-electron chi connectivity index (χ1n) is 7.49. The molecule has 0 radical (unpaired) electrons. The third-order valence-corrected chi connectivity index (χ3v) is 9.33. The molecular weight excluding hydrogens is 228 g/mol. The van der Waals surface area contributed by atoms with E-state index in [1.807, 2.05) is 0 Å². The number of rotatable bonds is 7. The second kappa shape index (κ2) is 7.55. The molecule has 1 aliphatic rings. The van der Waals surface area contributed by atoms with E-state index in [4.69, 9.17) is 4.43 Å². The van der Waals surface area contributed by atoms with Gasteiger partial charge in [-0.25, -0.2) is 0 Å². The molecule has 0 amide bonds. The second-order valence-corrected chi connectivity index (χ2v) is 10.3.